The molecule has 3 aromatic heterocycles. The second kappa shape index (κ2) is 6.13. The highest BCUT2D eigenvalue weighted by molar-refractivity contribution is 6.29. The smallest absolute Gasteiger partial charge is 0.163 e. The molecule has 0 radical (unpaired) electrons. The van der Waals surface area contributed by atoms with E-state index in [4.69, 9.17) is 11.6 Å². The lowest BCUT2D eigenvalue weighted by Crippen LogP contribution is -2.19. The lowest BCUT2D eigenvalue weighted by molar-refractivity contribution is 0.288. The van der Waals surface area contributed by atoms with Crippen LogP contribution in [0, 0.1) is 11.7 Å². The van der Waals surface area contributed by atoms with Gasteiger partial charge in [0.15, 0.2) is 11.6 Å². The first kappa shape index (κ1) is 15.5. The second-order valence-corrected chi connectivity index (χ2v) is 6.95. The maximum absolute atomic E-state index is 14.3. The van der Waals surface area contributed by atoms with Crippen molar-refractivity contribution in [1.82, 2.24) is 19.5 Å². The van der Waals surface area contributed by atoms with Crippen molar-refractivity contribution in [2.75, 3.05) is 0 Å². The molecule has 1 aliphatic carbocycles. The summed E-state index contributed by atoms with van der Waals surface area (Å²) in [6.45, 7) is 2.27. The normalized spacial score (nSPS) is 21.3. The molecular formula is C18H18ClFN4. The van der Waals surface area contributed by atoms with Crippen molar-refractivity contribution in [2.45, 2.75) is 38.6 Å². The number of fused-ring (bicyclic) bond motifs is 1. The van der Waals surface area contributed by atoms with Gasteiger partial charge in [-0.25, -0.2) is 19.3 Å². The van der Waals surface area contributed by atoms with Crippen LogP contribution in [0.25, 0.3) is 22.6 Å². The minimum absolute atomic E-state index is 0.276. The molecule has 3 heterocycles. The third-order valence-corrected chi connectivity index (χ3v) is 4.99. The molecule has 0 aliphatic heterocycles. The van der Waals surface area contributed by atoms with E-state index in [-0.39, 0.29) is 17.6 Å². The fourth-order valence-electron chi connectivity index (χ4n) is 3.69. The van der Waals surface area contributed by atoms with E-state index in [0.717, 1.165) is 30.3 Å². The fraction of sp³-hybridized carbons (Fsp3) is 0.389. The quantitative estimate of drug-likeness (QED) is 0.612. The standard InChI is InChI=1S/C18H18ClFN4/c1-11-4-2-5-12(8-11)24-15-10-22-16(19)9-14(15)23-18(24)17-13(20)6-3-7-21-17/h3,6-7,9-12H,2,4-5,8H2,1H3/t11-,12+/m1/s1. The number of aromatic nitrogens is 4. The van der Waals surface area contributed by atoms with Crippen LogP contribution in [0.3, 0.4) is 0 Å². The molecule has 2 atom stereocenters. The lowest BCUT2D eigenvalue weighted by atomic mass is 9.87. The van der Waals surface area contributed by atoms with Gasteiger partial charge in [-0.2, -0.15) is 0 Å². The van der Waals surface area contributed by atoms with Crippen LogP contribution >= 0.6 is 11.6 Å². The summed E-state index contributed by atoms with van der Waals surface area (Å²) in [5, 5.41) is 0.386. The van der Waals surface area contributed by atoms with Gasteiger partial charge in [0.2, 0.25) is 0 Å². The highest BCUT2D eigenvalue weighted by Gasteiger charge is 2.26. The number of pyridine rings is 2. The molecule has 1 aliphatic rings. The maximum atomic E-state index is 14.3. The average Bonchev–Trinajstić information content (AvgIpc) is 2.93. The number of halogens is 2. The van der Waals surface area contributed by atoms with E-state index < -0.39 is 0 Å². The first-order valence-corrected chi connectivity index (χ1v) is 8.65. The van der Waals surface area contributed by atoms with Crippen LogP contribution in [0.5, 0.6) is 0 Å². The fourth-order valence-corrected chi connectivity index (χ4v) is 3.85. The van der Waals surface area contributed by atoms with Gasteiger partial charge in [-0.15, -0.1) is 0 Å². The predicted octanol–water partition coefficient (Wildman–Crippen LogP) is 5.04. The molecule has 0 unspecified atom stereocenters. The third kappa shape index (κ3) is 2.67. The van der Waals surface area contributed by atoms with Crippen molar-refractivity contribution in [3.63, 3.8) is 0 Å². The van der Waals surface area contributed by atoms with Gasteiger partial charge in [-0.05, 0) is 30.9 Å². The molecule has 0 amide bonds. The Hall–Kier alpha value is -2.01. The average molecular weight is 345 g/mol. The molecule has 0 N–H and O–H groups in total. The summed E-state index contributed by atoms with van der Waals surface area (Å²) in [7, 11) is 0. The Morgan fingerprint density at radius 3 is 2.96 bits per heavy atom. The molecule has 24 heavy (non-hydrogen) atoms. The molecule has 1 fully saturated rings. The summed E-state index contributed by atoms with van der Waals surface area (Å²) in [5.41, 5.74) is 1.90. The number of imidazole rings is 1. The molecule has 0 aromatic carbocycles. The first-order valence-electron chi connectivity index (χ1n) is 8.28. The third-order valence-electron chi connectivity index (χ3n) is 4.79. The van der Waals surface area contributed by atoms with Gasteiger partial charge in [0.05, 0.1) is 17.2 Å². The van der Waals surface area contributed by atoms with Crippen LogP contribution in [0.2, 0.25) is 5.15 Å². The largest absolute Gasteiger partial charge is 0.318 e. The van der Waals surface area contributed by atoms with Crippen molar-refractivity contribution < 1.29 is 4.39 Å². The van der Waals surface area contributed by atoms with E-state index >= 15 is 0 Å². The zero-order valence-electron chi connectivity index (χ0n) is 13.4. The Bertz CT molecular complexity index is 892. The molecule has 124 valence electrons. The van der Waals surface area contributed by atoms with E-state index in [9.17, 15) is 4.39 Å². The molecule has 0 spiro atoms. The minimum Gasteiger partial charge on any atom is -0.318 e. The molecule has 6 heteroatoms. The summed E-state index contributed by atoms with van der Waals surface area (Å²) in [5.74, 6) is 0.839. The molecule has 4 nitrogen and oxygen atoms in total. The monoisotopic (exact) mass is 344 g/mol. The van der Waals surface area contributed by atoms with Gasteiger partial charge in [-0.3, -0.25) is 0 Å². The highest BCUT2D eigenvalue weighted by Crippen LogP contribution is 2.38. The number of nitrogens with zero attached hydrogens (tertiary/aromatic N) is 4. The van der Waals surface area contributed by atoms with Crippen molar-refractivity contribution in [3.05, 3.63) is 41.6 Å². The van der Waals surface area contributed by atoms with Crippen LogP contribution in [-0.4, -0.2) is 19.5 Å². The van der Waals surface area contributed by atoms with Crippen molar-refractivity contribution >= 4 is 22.6 Å². The summed E-state index contributed by atoms with van der Waals surface area (Å²) in [6, 6.07) is 5.01. The topological polar surface area (TPSA) is 43.6 Å². The summed E-state index contributed by atoms with van der Waals surface area (Å²) in [6.07, 6.45) is 7.83. The van der Waals surface area contributed by atoms with E-state index in [1.54, 1.807) is 24.5 Å². The Balaban J connectivity index is 1.95. The summed E-state index contributed by atoms with van der Waals surface area (Å²) in [4.78, 5) is 13.1. The molecule has 3 aromatic rings. The van der Waals surface area contributed by atoms with Gasteiger partial charge in [-0.1, -0.05) is 31.4 Å². The Morgan fingerprint density at radius 2 is 2.17 bits per heavy atom. The SMILES string of the molecule is C[C@@H]1CCC[C@H](n2c(-c3ncccc3F)nc3cc(Cl)ncc32)C1. The van der Waals surface area contributed by atoms with Crippen molar-refractivity contribution in [3.8, 4) is 11.5 Å². The molecule has 4 rings (SSSR count). The predicted molar refractivity (Wildman–Crippen MR) is 92.4 cm³/mol. The molecular weight excluding hydrogens is 327 g/mol. The lowest BCUT2D eigenvalue weighted by Gasteiger charge is -2.29. The van der Waals surface area contributed by atoms with Crippen LogP contribution in [0.4, 0.5) is 4.39 Å². The Morgan fingerprint density at radius 1 is 1.29 bits per heavy atom. The summed E-state index contributed by atoms with van der Waals surface area (Å²) < 4.78 is 16.5. The number of hydrogen-bond acceptors (Lipinski definition) is 3. The van der Waals surface area contributed by atoms with E-state index in [2.05, 4.69) is 26.4 Å². The van der Waals surface area contributed by atoms with E-state index in [1.807, 2.05) is 0 Å². The minimum atomic E-state index is -0.364. The molecule has 1 saturated carbocycles. The Kier molecular flexibility index (Phi) is 3.96. The van der Waals surface area contributed by atoms with Crippen molar-refractivity contribution in [2.24, 2.45) is 5.92 Å². The van der Waals surface area contributed by atoms with Crippen molar-refractivity contribution in [1.29, 1.82) is 0 Å². The van der Waals surface area contributed by atoms with Crippen LogP contribution in [0.15, 0.2) is 30.6 Å². The zero-order chi connectivity index (χ0) is 16.7. The molecule has 0 saturated heterocycles. The van der Waals surface area contributed by atoms with Gasteiger partial charge >= 0.3 is 0 Å². The van der Waals surface area contributed by atoms with E-state index in [1.165, 1.54) is 12.5 Å². The van der Waals surface area contributed by atoms with Gasteiger partial charge < -0.3 is 4.57 Å². The number of hydrogen-bond donors (Lipinski definition) is 0. The Labute approximate surface area is 144 Å². The first-order chi connectivity index (χ1) is 11.6. The molecule has 0 bridgehead atoms. The van der Waals surface area contributed by atoms with Crippen LogP contribution < -0.4 is 0 Å². The summed E-state index contributed by atoms with van der Waals surface area (Å²) >= 11 is 6.02. The van der Waals surface area contributed by atoms with Crippen LogP contribution in [-0.2, 0) is 0 Å². The second-order valence-electron chi connectivity index (χ2n) is 6.56. The van der Waals surface area contributed by atoms with E-state index in [0.29, 0.717) is 16.9 Å². The van der Waals surface area contributed by atoms with Gasteiger partial charge in [0, 0.05) is 18.3 Å². The van der Waals surface area contributed by atoms with Gasteiger partial charge in [0.1, 0.15) is 10.8 Å². The number of rotatable bonds is 2. The maximum Gasteiger partial charge on any atom is 0.163 e. The highest BCUT2D eigenvalue weighted by atomic mass is 35.5. The van der Waals surface area contributed by atoms with Gasteiger partial charge in [0.25, 0.3) is 0 Å². The van der Waals surface area contributed by atoms with Crippen LogP contribution in [0.1, 0.15) is 38.6 Å². The zero-order valence-corrected chi connectivity index (χ0v) is 14.2.